The molecule has 29 heavy (non-hydrogen) atoms. The Hall–Kier alpha value is -3.05. The molecule has 3 aromatic rings. The molecular weight excluding hydrogens is 364 g/mol. The van der Waals surface area contributed by atoms with E-state index in [4.69, 9.17) is 9.47 Å². The molecule has 0 radical (unpaired) electrons. The number of rotatable bonds is 7. The summed E-state index contributed by atoms with van der Waals surface area (Å²) in [7, 11) is 0. The second-order valence-electron chi connectivity index (χ2n) is 7.12. The predicted molar refractivity (Wildman–Crippen MR) is 117 cm³/mol. The summed E-state index contributed by atoms with van der Waals surface area (Å²) in [4.78, 5) is 14.5. The molecule has 0 bridgehead atoms. The van der Waals surface area contributed by atoms with Crippen LogP contribution in [0.25, 0.3) is 10.8 Å². The molecule has 0 saturated carbocycles. The van der Waals surface area contributed by atoms with Crippen molar-refractivity contribution >= 4 is 28.1 Å². The van der Waals surface area contributed by atoms with Crippen molar-refractivity contribution in [3.63, 3.8) is 0 Å². The molecule has 5 heteroatoms. The number of amides is 1. The number of nitrogens with one attached hydrogen (secondary N) is 1. The molecule has 5 nitrogen and oxygen atoms in total. The number of ether oxygens (including phenoxy) is 2. The van der Waals surface area contributed by atoms with Gasteiger partial charge in [-0.1, -0.05) is 36.4 Å². The molecule has 0 atom stereocenters. The van der Waals surface area contributed by atoms with E-state index in [2.05, 4.69) is 28.4 Å². The fourth-order valence-electron chi connectivity index (χ4n) is 3.54. The lowest BCUT2D eigenvalue weighted by molar-refractivity contribution is -0.116. The van der Waals surface area contributed by atoms with Gasteiger partial charge in [-0.05, 0) is 42.1 Å². The number of hydrogen-bond donors (Lipinski definition) is 1. The number of hydrogen-bond acceptors (Lipinski definition) is 4. The number of carbonyl (C=O) groups excluding carboxylic acids is 1. The Morgan fingerprint density at radius 3 is 2.55 bits per heavy atom. The van der Waals surface area contributed by atoms with Gasteiger partial charge in [0.05, 0.1) is 19.8 Å². The Morgan fingerprint density at radius 1 is 0.966 bits per heavy atom. The lowest BCUT2D eigenvalue weighted by atomic mass is 10.1. The van der Waals surface area contributed by atoms with Gasteiger partial charge in [0.15, 0.2) is 0 Å². The first-order chi connectivity index (χ1) is 14.3. The third kappa shape index (κ3) is 5.06. The van der Waals surface area contributed by atoms with Crippen LogP contribution in [0.1, 0.15) is 12.8 Å². The predicted octanol–water partition coefficient (Wildman–Crippen LogP) is 4.47. The van der Waals surface area contributed by atoms with Gasteiger partial charge >= 0.3 is 0 Å². The Morgan fingerprint density at radius 2 is 1.72 bits per heavy atom. The van der Waals surface area contributed by atoms with Crippen LogP contribution in [0, 0.1) is 0 Å². The van der Waals surface area contributed by atoms with E-state index in [0.29, 0.717) is 19.4 Å². The summed E-state index contributed by atoms with van der Waals surface area (Å²) in [6.07, 6.45) is 1.09. The number of carbonyl (C=O) groups is 1. The van der Waals surface area contributed by atoms with Crippen molar-refractivity contribution in [1.29, 1.82) is 0 Å². The zero-order chi connectivity index (χ0) is 19.9. The standard InChI is InChI=1S/C24H26N2O3/c27-24(25-20-10-12-21(13-11-20)26-14-17-28-18-15-26)9-4-16-29-23-8-3-6-19-5-1-2-7-22(19)23/h1-3,5-8,10-13H,4,9,14-18H2,(H,25,27). The fourth-order valence-corrected chi connectivity index (χ4v) is 3.54. The zero-order valence-electron chi connectivity index (χ0n) is 16.5. The van der Waals surface area contributed by atoms with Gasteiger partial charge < -0.3 is 19.7 Å². The smallest absolute Gasteiger partial charge is 0.224 e. The van der Waals surface area contributed by atoms with Crippen LogP contribution < -0.4 is 15.0 Å². The number of anilines is 2. The highest BCUT2D eigenvalue weighted by Crippen LogP contribution is 2.25. The molecule has 0 unspecified atom stereocenters. The molecule has 1 aliphatic rings. The minimum absolute atomic E-state index is 0.00522. The summed E-state index contributed by atoms with van der Waals surface area (Å²) in [6, 6.07) is 22.2. The number of nitrogens with zero attached hydrogens (tertiary/aromatic N) is 1. The van der Waals surface area contributed by atoms with Crippen molar-refractivity contribution in [2.45, 2.75) is 12.8 Å². The second-order valence-corrected chi connectivity index (χ2v) is 7.12. The minimum atomic E-state index is 0.00522. The van der Waals surface area contributed by atoms with E-state index >= 15 is 0 Å². The van der Waals surface area contributed by atoms with Gasteiger partial charge in [-0.25, -0.2) is 0 Å². The van der Waals surface area contributed by atoms with E-state index < -0.39 is 0 Å². The van der Waals surface area contributed by atoms with Gasteiger partial charge in [0.2, 0.25) is 5.91 Å². The average Bonchev–Trinajstić information content (AvgIpc) is 2.78. The highest BCUT2D eigenvalue weighted by atomic mass is 16.5. The first-order valence-electron chi connectivity index (χ1n) is 10.1. The normalized spacial score (nSPS) is 14.0. The molecule has 1 aliphatic heterocycles. The Labute approximate surface area is 171 Å². The van der Waals surface area contributed by atoms with Crippen molar-refractivity contribution in [2.24, 2.45) is 0 Å². The van der Waals surface area contributed by atoms with Gasteiger partial charge in [0, 0.05) is 36.3 Å². The van der Waals surface area contributed by atoms with Gasteiger partial charge in [-0.15, -0.1) is 0 Å². The Bertz CT molecular complexity index is 945. The lowest BCUT2D eigenvalue weighted by Crippen LogP contribution is -2.36. The third-order valence-corrected chi connectivity index (χ3v) is 5.08. The van der Waals surface area contributed by atoms with Crippen LogP contribution in [-0.2, 0) is 9.53 Å². The summed E-state index contributed by atoms with van der Waals surface area (Å²) in [5.41, 5.74) is 1.98. The maximum atomic E-state index is 12.2. The van der Waals surface area contributed by atoms with Crippen molar-refractivity contribution < 1.29 is 14.3 Å². The van der Waals surface area contributed by atoms with Crippen LogP contribution >= 0.6 is 0 Å². The molecule has 0 aliphatic carbocycles. The van der Waals surface area contributed by atoms with Crippen LogP contribution in [0.4, 0.5) is 11.4 Å². The second kappa shape index (κ2) is 9.43. The van der Waals surface area contributed by atoms with Gasteiger partial charge in [0.25, 0.3) is 0 Å². The fraction of sp³-hybridized carbons (Fsp3) is 0.292. The molecule has 150 valence electrons. The summed E-state index contributed by atoms with van der Waals surface area (Å²) >= 11 is 0. The molecule has 1 fully saturated rings. The zero-order valence-corrected chi connectivity index (χ0v) is 16.5. The quantitative estimate of drug-likeness (QED) is 0.605. The largest absolute Gasteiger partial charge is 0.493 e. The van der Waals surface area contributed by atoms with Crippen molar-refractivity contribution in [1.82, 2.24) is 0 Å². The van der Waals surface area contributed by atoms with E-state index in [-0.39, 0.29) is 5.91 Å². The molecule has 1 N–H and O–H groups in total. The number of benzene rings is 3. The monoisotopic (exact) mass is 390 g/mol. The molecule has 1 amide bonds. The van der Waals surface area contributed by atoms with Crippen molar-refractivity contribution in [3.8, 4) is 5.75 Å². The van der Waals surface area contributed by atoms with E-state index in [0.717, 1.165) is 54.2 Å². The topological polar surface area (TPSA) is 50.8 Å². The van der Waals surface area contributed by atoms with E-state index in [9.17, 15) is 4.79 Å². The highest BCUT2D eigenvalue weighted by molar-refractivity contribution is 5.91. The van der Waals surface area contributed by atoms with Crippen LogP contribution in [0.2, 0.25) is 0 Å². The molecule has 1 heterocycles. The van der Waals surface area contributed by atoms with E-state index in [1.54, 1.807) is 0 Å². The summed E-state index contributed by atoms with van der Waals surface area (Å²) in [5.74, 6) is 0.868. The maximum absolute atomic E-state index is 12.2. The Balaban J connectivity index is 1.23. The number of morpholine rings is 1. The van der Waals surface area contributed by atoms with Gasteiger partial charge in [-0.2, -0.15) is 0 Å². The van der Waals surface area contributed by atoms with Gasteiger partial charge in [-0.3, -0.25) is 4.79 Å². The van der Waals surface area contributed by atoms with Crippen LogP contribution in [0.15, 0.2) is 66.7 Å². The molecule has 3 aromatic carbocycles. The maximum Gasteiger partial charge on any atom is 0.224 e. The molecule has 0 spiro atoms. The first-order valence-corrected chi connectivity index (χ1v) is 10.1. The summed E-state index contributed by atoms with van der Waals surface area (Å²) < 4.78 is 11.3. The molecule has 0 aromatic heterocycles. The SMILES string of the molecule is O=C(CCCOc1cccc2ccccc12)Nc1ccc(N2CCOCC2)cc1. The Kier molecular flexibility index (Phi) is 6.27. The molecule has 4 rings (SSSR count). The highest BCUT2D eigenvalue weighted by Gasteiger charge is 2.11. The summed E-state index contributed by atoms with van der Waals surface area (Å²) in [6.45, 7) is 3.85. The lowest BCUT2D eigenvalue weighted by Gasteiger charge is -2.28. The van der Waals surface area contributed by atoms with Crippen molar-refractivity contribution in [2.75, 3.05) is 43.1 Å². The van der Waals surface area contributed by atoms with Crippen molar-refractivity contribution in [3.05, 3.63) is 66.7 Å². The first kappa shape index (κ1) is 19.3. The van der Waals surface area contributed by atoms with E-state index in [1.807, 2.05) is 48.5 Å². The van der Waals surface area contributed by atoms with Crippen LogP contribution in [0.5, 0.6) is 5.75 Å². The third-order valence-electron chi connectivity index (χ3n) is 5.08. The van der Waals surface area contributed by atoms with Gasteiger partial charge in [0.1, 0.15) is 5.75 Å². The molecular formula is C24H26N2O3. The van der Waals surface area contributed by atoms with Crippen LogP contribution in [0.3, 0.4) is 0 Å². The molecule has 1 saturated heterocycles. The van der Waals surface area contributed by atoms with E-state index in [1.165, 1.54) is 0 Å². The summed E-state index contributed by atoms with van der Waals surface area (Å²) in [5, 5.41) is 5.22. The average molecular weight is 390 g/mol. The number of fused-ring (bicyclic) bond motifs is 1. The minimum Gasteiger partial charge on any atom is -0.493 e. The van der Waals surface area contributed by atoms with Crippen LogP contribution in [-0.4, -0.2) is 38.8 Å².